The molecular formula is C17H25N3O. The predicted octanol–water partition coefficient (Wildman–Crippen LogP) is 3.13. The fraction of sp³-hybridized carbons (Fsp3) is 0.882. The molecule has 0 saturated heterocycles. The normalized spacial score (nSPS) is 48.1. The molecule has 6 rings (SSSR count). The van der Waals surface area contributed by atoms with Crippen LogP contribution in [0.15, 0.2) is 4.52 Å². The van der Waals surface area contributed by atoms with Gasteiger partial charge >= 0.3 is 0 Å². The standard InChI is InChI=1S/C17H25N3O/c18-14-2-1-13(6-14)15-19-16(20-21-15)17-7-10-3-11(8-17)5-12(4-10)9-17/h10-14H,1-9,18H2/t10?,11?,12?,13-,14+,17?/m1/s1. The van der Waals surface area contributed by atoms with Crippen LogP contribution in [0.5, 0.6) is 0 Å². The summed E-state index contributed by atoms with van der Waals surface area (Å²) in [5, 5.41) is 4.45. The zero-order valence-electron chi connectivity index (χ0n) is 12.6. The topological polar surface area (TPSA) is 64.9 Å². The molecule has 5 aliphatic rings. The molecule has 5 fully saturated rings. The van der Waals surface area contributed by atoms with Crippen molar-refractivity contribution in [2.24, 2.45) is 23.5 Å². The van der Waals surface area contributed by atoms with Crippen molar-refractivity contribution < 1.29 is 4.52 Å². The van der Waals surface area contributed by atoms with Crippen LogP contribution in [0.25, 0.3) is 0 Å². The number of nitrogens with zero attached hydrogens (tertiary/aromatic N) is 2. The summed E-state index contributed by atoms with van der Waals surface area (Å²) in [5.41, 5.74) is 6.29. The van der Waals surface area contributed by atoms with E-state index in [9.17, 15) is 0 Å². The van der Waals surface area contributed by atoms with Crippen LogP contribution in [-0.2, 0) is 5.41 Å². The van der Waals surface area contributed by atoms with Crippen LogP contribution in [0.3, 0.4) is 0 Å². The number of hydrogen-bond acceptors (Lipinski definition) is 4. The van der Waals surface area contributed by atoms with Crippen molar-refractivity contribution >= 4 is 0 Å². The maximum atomic E-state index is 6.03. The van der Waals surface area contributed by atoms with Gasteiger partial charge in [0.05, 0.1) is 0 Å². The lowest BCUT2D eigenvalue weighted by atomic mass is 9.49. The first-order valence-electron chi connectivity index (χ1n) is 8.80. The van der Waals surface area contributed by atoms with Crippen molar-refractivity contribution in [2.45, 2.75) is 75.2 Å². The fourth-order valence-electron chi connectivity index (χ4n) is 6.24. The van der Waals surface area contributed by atoms with E-state index in [0.717, 1.165) is 48.7 Å². The third-order valence-electron chi connectivity index (χ3n) is 6.78. The van der Waals surface area contributed by atoms with E-state index in [4.69, 9.17) is 15.2 Å². The van der Waals surface area contributed by atoms with Crippen LogP contribution < -0.4 is 5.73 Å². The van der Waals surface area contributed by atoms with Gasteiger partial charge in [-0.25, -0.2) is 0 Å². The van der Waals surface area contributed by atoms with Gasteiger partial charge in [0.15, 0.2) is 5.82 Å². The average molecular weight is 287 g/mol. The molecule has 2 N–H and O–H groups in total. The molecule has 5 aliphatic carbocycles. The fourth-order valence-corrected chi connectivity index (χ4v) is 6.24. The van der Waals surface area contributed by atoms with E-state index in [1.165, 1.54) is 38.5 Å². The van der Waals surface area contributed by atoms with E-state index >= 15 is 0 Å². The Bertz CT molecular complexity index is 517. The second kappa shape index (κ2) is 4.31. The third kappa shape index (κ3) is 1.91. The highest BCUT2D eigenvalue weighted by Crippen LogP contribution is 2.60. The summed E-state index contributed by atoms with van der Waals surface area (Å²) in [4.78, 5) is 4.88. The van der Waals surface area contributed by atoms with E-state index in [1.807, 2.05) is 0 Å². The Morgan fingerprint density at radius 3 is 2.19 bits per heavy atom. The largest absolute Gasteiger partial charge is 0.339 e. The van der Waals surface area contributed by atoms with E-state index in [2.05, 4.69) is 5.16 Å². The summed E-state index contributed by atoms with van der Waals surface area (Å²) < 4.78 is 5.67. The van der Waals surface area contributed by atoms with Crippen LogP contribution in [-0.4, -0.2) is 16.2 Å². The Balaban J connectivity index is 1.44. The Morgan fingerprint density at radius 1 is 0.952 bits per heavy atom. The molecule has 5 saturated carbocycles. The third-order valence-corrected chi connectivity index (χ3v) is 6.78. The lowest BCUT2D eigenvalue weighted by molar-refractivity contribution is -0.0103. The highest BCUT2D eigenvalue weighted by molar-refractivity contribution is 5.17. The Labute approximate surface area is 125 Å². The molecule has 1 aromatic heterocycles. The maximum absolute atomic E-state index is 6.03. The highest BCUT2D eigenvalue weighted by Gasteiger charge is 2.54. The maximum Gasteiger partial charge on any atom is 0.229 e. The molecule has 4 nitrogen and oxygen atoms in total. The molecular weight excluding hydrogens is 262 g/mol. The molecule has 0 unspecified atom stereocenters. The van der Waals surface area contributed by atoms with Gasteiger partial charge in [-0.05, 0) is 75.5 Å². The molecule has 21 heavy (non-hydrogen) atoms. The molecule has 4 bridgehead atoms. The lowest BCUT2D eigenvalue weighted by Gasteiger charge is -2.55. The highest BCUT2D eigenvalue weighted by atomic mass is 16.5. The molecule has 0 aliphatic heterocycles. The van der Waals surface area contributed by atoms with E-state index < -0.39 is 0 Å². The van der Waals surface area contributed by atoms with Gasteiger partial charge in [-0.1, -0.05) is 5.16 Å². The van der Waals surface area contributed by atoms with Gasteiger partial charge in [0, 0.05) is 17.4 Å². The molecule has 0 aromatic carbocycles. The molecule has 2 atom stereocenters. The quantitative estimate of drug-likeness (QED) is 0.907. The zero-order chi connectivity index (χ0) is 14.0. The molecule has 1 aromatic rings. The molecule has 0 radical (unpaired) electrons. The van der Waals surface area contributed by atoms with Gasteiger partial charge < -0.3 is 10.3 Å². The SMILES string of the molecule is N[C@H]1CC[C@@H](c2nc(C34CC5CC(CC(C5)C3)C4)no2)C1. The summed E-state index contributed by atoms with van der Waals surface area (Å²) in [6.07, 6.45) is 11.5. The van der Waals surface area contributed by atoms with Crippen molar-refractivity contribution in [2.75, 3.05) is 0 Å². The number of aromatic nitrogens is 2. The minimum absolute atomic E-state index is 0.261. The van der Waals surface area contributed by atoms with Crippen LogP contribution in [0, 0.1) is 17.8 Å². The number of nitrogens with two attached hydrogens (primary N) is 1. The first kappa shape index (κ1) is 12.6. The zero-order valence-corrected chi connectivity index (χ0v) is 12.6. The molecule has 0 spiro atoms. The van der Waals surface area contributed by atoms with Gasteiger partial charge in [0.25, 0.3) is 0 Å². The number of rotatable bonds is 2. The van der Waals surface area contributed by atoms with Crippen LogP contribution in [0.1, 0.15) is 75.4 Å². The summed E-state index contributed by atoms with van der Waals surface area (Å²) in [6.45, 7) is 0. The van der Waals surface area contributed by atoms with Crippen LogP contribution >= 0.6 is 0 Å². The smallest absolute Gasteiger partial charge is 0.229 e. The van der Waals surface area contributed by atoms with Crippen molar-refractivity contribution in [3.05, 3.63) is 11.7 Å². The second-order valence-corrected chi connectivity index (χ2v) is 8.42. The molecule has 114 valence electrons. The predicted molar refractivity (Wildman–Crippen MR) is 78.7 cm³/mol. The van der Waals surface area contributed by atoms with Crippen LogP contribution in [0.2, 0.25) is 0 Å². The van der Waals surface area contributed by atoms with E-state index in [0.29, 0.717) is 12.0 Å². The van der Waals surface area contributed by atoms with Crippen molar-refractivity contribution in [3.8, 4) is 0 Å². The van der Waals surface area contributed by atoms with Gasteiger partial charge in [0.1, 0.15) is 0 Å². The molecule has 0 amide bonds. The Hall–Kier alpha value is -0.900. The first-order chi connectivity index (χ1) is 10.2. The number of hydrogen-bond donors (Lipinski definition) is 1. The minimum atomic E-state index is 0.261. The van der Waals surface area contributed by atoms with Gasteiger partial charge in [0.2, 0.25) is 5.89 Å². The molecule has 4 heteroatoms. The summed E-state index contributed by atoms with van der Waals surface area (Å²) in [5.74, 6) is 5.11. The second-order valence-electron chi connectivity index (χ2n) is 8.42. The van der Waals surface area contributed by atoms with Gasteiger partial charge in [-0.15, -0.1) is 0 Å². The van der Waals surface area contributed by atoms with Crippen molar-refractivity contribution in [1.29, 1.82) is 0 Å². The van der Waals surface area contributed by atoms with Gasteiger partial charge in [-0.2, -0.15) is 4.98 Å². The monoisotopic (exact) mass is 287 g/mol. The average Bonchev–Trinajstić information content (AvgIpc) is 3.05. The minimum Gasteiger partial charge on any atom is -0.339 e. The van der Waals surface area contributed by atoms with Crippen molar-refractivity contribution in [3.63, 3.8) is 0 Å². The van der Waals surface area contributed by atoms with E-state index in [-0.39, 0.29) is 5.41 Å². The van der Waals surface area contributed by atoms with Crippen LogP contribution in [0.4, 0.5) is 0 Å². The van der Waals surface area contributed by atoms with E-state index in [1.54, 1.807) is 0 Å². The molecule has 1 heterocycles. The summed E-state index contributed by atoms with van der Waals surface area (Å²) in [6, 6.07) is 0.324. The lowest BCUT2D eigenvalue weighted by Crippen LogP contribution is -2.49. The Morgan fingerprint density at radius 2 is 1.62 bits per heavy atom. The summed E-state index contributed by atoms with van der Waals surface area (Å²) in [7, 11) is 0. The first-order valence-corrected chi connectivity index (χ1v) is 8.80. The Kier molecular flexibility index (Phi) is 2.59. The van der Waals surface area contributed by atoms with Gasteiger partial charge in [-0.3, -0.25) is 0 Å². The summed E-state index contributed by atoms with van der Waals surface area (Å²) >= 11 is 0. The van der Waals surface area contributed by atoms with Crippen molar-refractivity contribution in [1.82, 2.24) is 10.1 Å².